The molecule has 0 radical (unpaired) electrons. The first-order valence-corrected chi connectivity index (χ1v) is 8.47. The van der Waals surface area contributed by atoms with Gasteiger partial charge in [-0.1, -0.05) is 0 Å². The van der Waals surface area contributed by atoms with Gasteiger partial charge in [0.25, 0.3) is 0 Å². The first kappa shape index (κ1) is 17.6. The molecule has 0 amide bonds. The maximum atomic E-state index is 12.2. The second kappa shape index (κ2) is 7.55. The third kappa shape index (κ3) is 5.12. The van der Waals surface area contributed by atoms with Crippen LogP contribution < -0.4 is 4.72 Å². The second-order valence-corrected chi connectivity index (χ2v) is 7.18. The number of hydrogen-bond acceptors (Lipinski definition) is 4. The molecule has 0 aromatic heterocycles. The monoisotopic (exact) mass is 309 g/mol. The molecule has 116 valence electrons. The quantitative estimate of drug-likeness (QED) is 0.780. The largest absolute Gasteiger partial charge is 0.304 e. The van der Waals surface area contributed by atoms with E-state index in [0.29, 0.717) is 23.7 Å². The number of benzene rings is 1. The van der Waals surface area contributed by atoms with Gasteiger partial charge in [0.15, 0.2) is 0 Å². The van der Waals surface area contributed by atoms with E-state index in [1.807, 2.05) is 13.1 Å². The zero-order chi connectivity index (χ0) is 16.0. The van der Waals surface area contributed by atoms with E-state index in [9.17, 15) is 8.42 Å². The van der Waals surface area contributed by atoms with Crippen LogP contribution in [0.5, 0.6) is 0 Å². The van der Waals surface area contributed by atoms with E-state index in [2.05, 4.69) is 23.5 Å². The molecule has 0 saturated carbocycles. The molecule has 1 N–H and O–H groups in total. The van der Waals surface area contributed by atoms with Gasteiger partial charge < -0.3 is 4.90 Å². The summed E-state index contributed by atoms with van der Waals surface area (Å²) < 4.78 is 26.9. The summed E-state index contributed by atoms with van der Waals surface area (Å²) in [6.07, 6.45) is 0.753. The SMILES string of the molecule is Cc1cc(S(=O)(=O)NCCCN(C)C(C)C)ccc1C#N. The molecule has 0 aliphatic carbocycles. The summed E-state index contributed by atoms with van der Waals surface area (Å²) in [6.45, 7) is 7.17. The van der Waals surface area contributed by atoms with Crippen LogP contribution in [-0.2, 0) is 10.0 Å². The fraction of sp³-hybridized carbons (Fsp3) is 0.533. The number of nitriles is 1. The van der Waals surface area contributed by atoms with Crippen LogP contribution in [0.2, 0.25) is 0 Å². The Morgan fingerprint density at radius 2 is 2.05 bits per heavy atom. The van der Waals surface area contributed by atoms with Crippen molar-refractivity contribution in [2.24, 2.45) is 0 Å². The summed E-state index contributed by atoms with van der Waals surface area (Å²) in [7, 11) is -1.49. The van der Waals surface area contributed by atoms with E-state index in [0.717, 1.165) is 13.0 Å². The Hall–Kier alpha value is -1.42. The molecular weight excluding hydrogens is 286 g/mol. The van der Waals surface area contributed by atoms with E-state index >= 15 is 0 Å². The van der Waals surface area contributed by atoms with E-state index in [4.69, 9.17) is 5.26 Å². The van der Waals surface area contributed by atoms with Crippen molar-refractivity contribution in [3.05, 3.63) is 29.3 Å². The molecule has 0 atom stereocenters. The summed E-state index contributed by atoms with van der Waals surface area (Å²) in [5.41, 5.74) is 1.16. The van der Waals surface area contributed by atoms with Crippen LogP contribution in [0.4, 0.5) is 0 Å². The lowest BCUT2D eigenvalue weighted by Gasteiger charge is -2.20. The molecule has 0 heterocycles. The number of sulfonamides is 1. The molecule has 0 spiro atoms. The normalized spacial score (nSPS) is 11.9. The average Bonchev–Trinajstić information content (AvgIpc) is 2.43. The second-order valence-electron chi connectivity index (χ2n) is 5.41. The Morgan fingerprint density at radius 3 is 2.57 bits per heavy atom. The first-order chi connectivity index (χ1) is 9.77. The molecule has 1 aromatic carbocycles. The van der Waals surface area contributed by atoms with Gasteiger partial charge >= 0.3 is 0 Å². The number of nitrogens with zero attached hydrogens (tertiary/aromatic N) is 2. The Bertz CT molecular complexity index is 618. The summed E-state index contributed by atoms with van der Waals surface area (Å²) in [6, 6.07) is 7.01. The maximum Gasteiger partial charge on any atom is 0.240 e. The molecule has 0 bridgehead atoms. The molecule has 0 aliphatic heterocycles. The molecule has 1 aromatic rings. The van der Waals surface area contributed by atoms with Gasteiger partial charge in [0.2, 0.25) is 10.0 Å². The number of hydrogen-bond donors (Lipinski definition) is 1. The Balaban J connectivity index is 2.62. The minimum absolute atomic E-state index is 0.205. The highest BCUT2D eigenvalue weighted by molar-refractivity contribution is 7.89. The zero-order valence-electron chi connectivity index (χ0n) is 13.0. The van der Waals surface area contributed by atoms with Crippen molar-refractivity contribution in [3.8, 4) is 6.07 Å². The fourth-order valence-corrected chi connectivity index (χ4v) is 2.96. The molecule has 1 rings (SSSR count). The molecular formula is C15H23N3O2S. The molecule has 21 heavy (non-hydrogen) atoms. The minimum atomic E-state index is -3.50. The van der Waals surface area contributed by atoms with Crippen LogP contribution in [0.15, 0.2) is 23.1 Å². The third-order valence-electron chi connectivity index (χ3n) is 3.49. The molecule has 0 unspecified atom stereocenters. The Morgan fingerprint density at radius 1 is 1.38 bits per heavy atom. The summed E-state index contributed by atoms with van der Waals surface area (Å²) in [5, 5.41) is 8.86. The van der Waals surface area contributed by atoms with Crippen LogP contribution in [-0.4, -0.2) is 39.5 Å². The predicted octanol–water partition coefficient (Wildman–Crippen LogP) is 1.88. The van der Waals surface area contributed by atoms with Gasteiger partial charge in [-0.15, -0.1) is 0 Å². The zero-order valence-corrected chi connectivity index (χ0v) is 13.9. The van der Waals surface area contributed by atoms with Crippen LogP contribution in [0.3, 0.4) is 0 Å². The number of rotatable bonds is 7. The van der Waals surface area contributed by atoms with Gasteiger partial charge in [0.1, 0.15) is 0 Å². The highest BCUT2D eigenvalue weighted by Crippen LogP contribution is 2.14. The van der Waals surface area contributed by atoms with Gasteiger partial charge in [-0.2, -0.15) is 5.26 Å². The minimum Gasteiger partial charge on any atom is -0.304 e. The lowest BCUT2D eigenvalue weighted by atomic mass is 10.1. The molecule has 0 saturated heterocycles. The smallest absolute Gasteiger partial charge is 0.240 e. The lowest BCUT2D eigenvalue weighted by molar-refractivity contribution is 0.271. The van der Waals surface area contributed by atoms with Gasteiger partial charge in [-0.3, -0.25) is 0 Å². The fourth-order valence-electron chi connectivity index (χ4n) is 1.81. The van der Waals surface area contributed by atoms with Crippen LogP contribution in [0.25, 0.3) is 0 Å². The van der Waals surface area contributed by atoms with Crippen molar-refractivity contribution in [1.29, 1.82) is 5.26 Å². The van der Waals surface area contributed by atoms with Crippen LogP contribution in [0, 0.1) is 18.3 Å². The van der Waals surface area contributed by atoms with Gasteiger partial charge in [-0.05, 0) is 64.5 Å². The maximum absolute atomic E-state index is 12.2. The van der Waals surface area contributed by atoms with Crippen LogP contribution >= 0.6 is 0 Å². The van der Waals surface area contributed by atoms with Gasteiger partial charge in [0, 0.05) is 12.6 Å². The van der Waals surface area contributed by atoms with Gasteiger partial charge in [-0.25, -0.2) is 13.1 Å². The summed E-state index contributed by atoms with van der Waals surface area (Å²) >= 11 is 0. The highest BCUT2D eigenvalue weighted by Gasteiger charge is 2.14. The summed E-state index contributed by atoms with van der Waals surface area (Å²) in [4.78, 5) is 2.37. The van der Waals surface area contributed by atoms with Gasteiger partial charge in [0.05, 0.1) is 16.5 Å². The van der Waals surface area contributed by atoms with E-state index in [-0.39, 0.29) is 4.90 Å². The van der Waals surface area contributed by atoms with E-state index in [1.54, 1.807) is 6.92 Å². The topological polar surface area (TPSA) is 73.2 Å². The standard InChI is InChI=1S/C15H23N3O2S/c1-12(2)18(4)9-5-8-17-21(19,20)15-7-6-14(11-16)13(3)10-15/h6-7,10,12,17H,5,8-9H2,1-4H3. The van der Waals surface area contributed by atoms with E-state index in [1.165, 1.54) is 18.2 Å². The molecule has 6 heteroatoms. The Labute approximate surface area is 127 Å². The average molecular weight is 309 g/mol. The van der Waals surface area contributed by atoms with Crippen molar-refractivity contribution < 1.29 is 8.42 Å². The molecule has 0 aliphatic rings. The van der Waals surface area contributed by atoms with E-state index < -0.39 is 10.0 Å². The third-order valence-corrected chi connectivity index (χ3v) is 4.95. The summed E-state index contributed by atoms with van der Waals surface area (Å²) in [5.74, 6) is 0. The van der Waals surface area contributed by atoms with Crippen molar-refractivity contribution in [2.75, 3.05) is 20.1 Å². The van der Waals surface area contributed by atoms with Crippen molar-refractivity contribution in [2.45, 2.75) is 38.1 Å². The van der Waals surface area contributed by atoms with Crippen molar-refractivity contribution in [1.82, 2.24) is 9.62 Å². The predicted molar refractivity (Wildman–Crippen MR) is 83.5 cm³/mol. The first-order valence-electron chi connectivity index (χ1n) is 6.98. The van der Waals surface area contributed by atoms with Crippen molar-refractivity contribution in [3.63, 3.8) is 0 Å². The molecule has 0 fully saturated rings. The number of aryl methyl sites for hydroxylation is 1. The van der Waals surface area contributed by atoms with Crippen molar-refractivity contribution >= 4 is 10.0 Å². The Kier molecular flexibility index (Phi) is 6.34. The molecule has 5 nitrogen and oxygen atoms in total. The lowest BCUT2D eigenvalue weighted by Crippen LogP contribution is -2.31. The highest BCUT2D eigenvalue weighted by atomic mass is 32.2. The number of nitrogens with one attached hydrogen (secondary N) is 1. The van der Waals surface area contributed by atoms with Crippen LogP contribution in [0.1, 0.15) is 31.4 Å².